The van der Waals surface area contributed by atoms with E-state index >= 15 is 0 Å². The summed E-state index contributed by atoms with van der Waals surface area (Å²) in [6.45, 7) is 2.14. The summed E-state index contributed by atoms with van der Waals surface area (Å²) in [6.07, 6.45) is 2.58. The van der Waals surface area contributed by atoms with Crippen molar-refractivity contribution in [2.75, 3.05) is 13.1 Å². The van der Waals surface area contributed by atoms with Gasteiger partial charge in [-0.1, -0.05) is 18.1 Å². The highest BCUT2D eigenvalue weighted by Crippen LogP contribution is 2.27. The Balaban J connectivity index is 0.00000169. The van der Waals surface area contributed by atoms with Gasteiger partial charge >= 0.3 is 0 Å². The lowest BCUT2D eigenvalue weighted by molar-refractivity contribution is -0.120. The molecule has 0 bridgehead atoms. The number of piperidine rings is 1. The smallest absolute Gasteiger partial charge is 0.238 e. The van der Waals surface area contributed by atoms with E-state index in [0.29, 0.717) is 5.92 Å². The summed E-state index contributed by atoms with van der Waals surface area (Å²) in [5.74, 6) is 11.7. The Kier molecular flexibility index (Phi) is 9.63. The van der Waals surface area contributed by atoms with E-state index in [9.17, 15) is 4.79 Å². The van der Waals surface area contributed by atoms with E-state index < -0.39 is 0 Å². The van der Waals surface area contributed by atoms with Crippen molar-refractivity contribution in [1.82, 2.24) is 15.7 Å². The minimum absolute atomic E-state index is 0. The third-order valence-electron chi connectivity index (χ3n) is 4.02. The highest BCUT2D eigenvalue weighted by molar-refractivity contribution is 7.09. The number of carbonyl (C=O) groups is 1. The molecule has 1 aromatic heterocycles. The summed E-state index contributed by atoms with van der Waals surface area (Å²) in [5, 5.41) is 6.60. The van der Waals surface area contributed by atoms with Gasteiger partial charge in [0.05, 0.1) is 11.4 Å². The molecule has 4 N–H and O–H groups in total. The molecule has 8 heteroatoms. The molecule has 0 aliphatic carbocycles. The Morgan fingerprint density at radius 3 is 2.58 bits per heavy atom. The van der Waals surface area contributed by atoms with Crippen molar-refractivity contribution in [3.05, 3.63) is 51.5 Å². The predicted octanol–water partition coefficient (Wildman–Crippen LogP) is 2.39. The van der Waals surface area contributed by atoms with Gasteiger partial charge in [0.2, 0.25) is 5.91 Å². The molecule has 1 saturated heterocycles. The largest absolute Gasteiger partial charge is 0.317 e. The van der Waals surface area contributed by atoms with Crippen molar-refractivity contribution in [2.24, 2.45) is 5.84 Å². The summed E-state index contributed by atoms with van der Waals surface area (Å²) in [5.41, 5.74) is 4.77. The lowest BCUT2D eigenvalue weighted by Gasteiger charge is -2.20. The van der Waals surface area contributed by atoms with Gasteiger partial charge in [-0.3, -0.25) is 10.2 Å². The summed E-state index contributed by atoms with van der Waals surface area (Å²) in [4.78, 5) is 15.9. The number of thiazole rings is 1. The van der Waals surface area contributed by atoms with Gasteiger partial charge in [0.1, 0.15) is 5.69 Å². The van der Waals surface area contributed by atoms with Crippen molar-refractivity contribution >= 4 is 42.1 Å². The summed E-state index contributed by atoms with van der Waals surface area (Å²) >= 11 is 1.71. The van der Waals surface area contributed by atoms with Gasteiger partial charge in [0.15, 0.2) is 0 Å². The molecule has 0 radical (unpaired) electrons. The van der Waals surface area contributed by atoms with Gasteiger partial charge in [-0.25, -0.2) is 10.8 Å². The number of carbonyl (C=O) groups excluding carboxylic acids is 1. The molecule has 3 rings (SSSR count). The number of hydrazine groups is 1. The van der Waals surface area contributed by atoms with E-state index in [1.807, 2.05) is 29.6 Å². The first kappa shape index (κ1) is 22.4. The molecule has 1 aromatic carbocycles. The van der Waals surface area contributed by atoms with E-state index in [0.717, 1.165) is 42.8 Å². The second-order valence-electron chi connectivity index (χ2n) is 5.79. The first-order valence-corrected chi connectivity index (χ1v) is 8.89. The number of nitrogens with two attached hydrogens (primary N) is 1. The van der Waals surface area contributed by atoms with E-state index in [4.69, 9.17) is 5.84 Å². The van der Waals surface area contributed by atoms with Gasteiger partial charge < -0.3 is 5.32 Å². The third-order valence-corrected chi connectivity index (χ3v) is 5.03. The molecule has 1 aliphatic heterocycles. The molecule has 5 nitrogen and oxygen atoms in total. The molecule has 0 unspecified atom stereocenters. The van der Waals surface area contributed by atoms with Crippen LogP contribution in [0.25, 0.3) is 0 Å². The molecular formula is C18H22Cl2N4OS. The van der Waals surface area contributed by atoms with Crippen molar-refractivity contribution in [3.8, 4) is 11.8 Å². The fraction of sp³-hybridized carbons (Fsp3) is 0.333. The second kappa shape index (κ2) is 11.2. The second-order valence-corrected chi connectivity index (χ2v) is 6.68. The normalized spacial score (nSPS) is 13.6. The van der Waals surface area contributed by atoms with Crippen LogP contribution in [-0.2, 0) is 11.2 Å². The number of aromatic nitrogens is 1. The average molecular weight is 413 g/mol. The van der Waals surface area contributed by atoms with Crippen LogP contribution in [0.4, 0.5) is 0 Å². The van der Waals surface area contributed by atoms with Gasteiger partial charge in [0, 0.05) is 16.9 Å². The number of rotatable bonds is 3. The molecule has 2 heterocycles. The van der Waals surface area contributed by atoms with Gasteiger partial charge in [0.25, 0.3) is 0 Å². The van der Waals surface area contributed by atoms with Crippen LogP contribution < -0.4 is 16.6 Å². The van der Waals surface area contributed by atoms with Crippen molar-refractivity contribution < 1.29 is 4.79 Å². The van der Waals surface area contributed by atoms with E-state index in [-0.39, 0.29) is 37.1 Å². The van der Waals surface area contributed by atoms with Crippen molar-refractivity contribution in [2.45, 2.75) is 25.2 Å². The monoisotopic (exact) mass is 412 g/mol. The van der Waals surface area contributed by atoms with Crippen LogP contribution >= 0.6 is 36.2 Å². The van der Waals surface area contributed by atoms with Crippen molar-refractivity contribution in [1.29, 1.82) is 0 Å². The molecule has 0 spiro atoms. The van der Waals surface area contributed by atoms with Gasteiger partial charge in [-0.05, 0) is 49.5 Å². The minimum Gasteiger partial charge on any atom is -0.317 e. The van der Waals surface area contributed by atoms with Crippen LogP contribution in [0, 0.1) is 11.8 Å². The van der Waals surface area contributed by atoms with Crippen LogP contribution in [0.5, 0.6) is 0 Å². The summed E-state index contributed by atoms with van der Waals surface area (Å²) in [7, 11) is 0. The van der Waals surface area contributed by atoms with Crippen molar-refractivity contribution in [3.63, 3.8) is 0 Å². The lowest BCUT2D eigenvalue weighted by atomic mass is 9.99. The minimum atomic E-state index is -0.207. The quantitative estimate of drug-likeness (QED) is 0.313. The maximum absolute atomic E-state index is 11.2. The van der Waals surface area contributed by atoms with Crippen LogP contribution in [0.3, 0.4) is 0 Å². The number of halogens is 2. The summed E-state index contributed by atoms with van der Waals surface area (Å²) in [6, 6.07) is 7.60. The molecule has 2 aromatic rings. The first-order valence-electron chi connectivity index (χ1n) is 8.01. The molecule has 0 atom stereocenters. The first-order chi connectivity index (χ1) is 11.7. The zero-order chi connectivity index (χ0) is 16.8. The topological polar surface area (TPSA) is 80.0 Å². The number of amides is 1. The molecular weight excluding hydrogens is 391 g/mol. The molecule has 1 amide bonds. The van der Waals surface area contributed by atoms with Crippen LogP contribution in [0.2, 0.25) is 0 Å². The van der Waals surface area contributed by atoms with Gasteiger partial charge in [-0.15, -0.1) is 36.2 Å². The number of hydrogen-bond donors (Lipinski definition) is 3. The maximum Gasteiger partial charge on any atom is 0.238 e. The van der Waals surface area contributed by atoms with E-state index in [1.165, 1.54) is 5.01 Å². The Labute approximate surface area is 170 Å². The molecule has 26 heavy (non-hydrogen) atoms. The third kappa shape index (κ3) is 6.27. The molecule has 0 saturated carbocycles. The maximum atomic E-state index is 11.2. The molecule has 140 valence electrons. The number of nitrogens with zero attached hydrogens (tertiary/aromatic N) is 1. The van der Waals surface area contributed by atoms with E-state index in [1.54, 1.807) is 11.3 Å². The molecule has 1 fully saturated rings. The summed E-state index contributed by atoms with van der Waals surface area (Å²) < 4.78 is 0. The fourth-order valence-electron chi connectivity index (χ4n) is 2.68. The average Bonchev–Trinajstić information content (AvgIpc) is 3.11. The predicted molar refractivity (Wildman–Crippen MR) is 110 cm³/mol. The number of benzene rings is 1. The van der Waals surface area contributed by atoms with Crippen LogP contribution in [0.1, 0.15) is 40.6 Å². The molecule has 1 aliphatic rings. The Morgan fingerprint density at radius 1 is 1.23 bits per heavy atom. The van der Waals surface area contributed by atoms with Crippen LogP contribution in [0.15, 0.2) is 29.6 Å². The Morgan fingerprint density at radius 2 is 1.92 bits per heavy atom. The standard InChI is InChI=1S/C18H20N4OS.2ClH/c19-22-17(23)11-14-3-1-13(2-4-14)5-6-16-12-24-18(21-16)15-7-9-20-10-8-15;;/h1-4,12,15,20H,7-11,19H2,(H,22,23);2*1H. The zero-order valence-corrected chi connectivity index (χ0v) is 16.6. The highest BCUT2D eigenvalue weighted by Gasteiger charge is 2.17. The van der Waals surface area contributed by atoms with E-state index in [2.05, 4.69) is 27.6 Å². The Hall–Kier alpha value is -1.62. The van der Waals surface area contributed by atoms with Crippen LogP contribution in [-0.4, -0.2) is 24.0 Å². The lowest BCUT2D eigenvalue weighted by Crippen LogP contribution is -2.31. The number of hydrogen-bond acceptors (Lipinski definition) is 5. The Bertz CT molecular complexity index is 761. The highest BCUT2D eigenvalue weighted by atomic mass is 35.5. The zero-order valence-electron chi connectivity index (χ0n) is 14.2. The fourth-order valence-corrected chi connectivity index (χ4v) is 3.60. The SMILES string of the molecule is Cl.Cl.NNC(=O)Cc1ccc(C#Cc2csc(C3CCNCC3)n2)cc1. The number of nitrogens with one attached hydrogen (secondary N) is 2. The van der Waals surface area contributed by atoms with Gasteiger partial charge in [-0.2, -0.15) is 0 Å².